The molecule has 0 heterocycles. The summed E-state index contributed by atoms with van der Waals surface area (Å²) >= 11 is 0. The molecule has 8 heteroatoms. The lowest BCUT2D eigenvalue weighted by molar-refractivity contribution is -0.189. The summed E-state index contributed by atoms with van der Waals surface area (Å²) in [6, 6.07) is 0. The van der Waals surface area contributed by atoms with Crippen LogP contribution in [0, 0.1) is 71.0 Å². The maximum Gasteiger partial charge on any atom is 0.310 e. The summed E-state index contributed by atoms with van der Waals surface area (Å²) in [6.07, 6.45) is 12.2. The van der Waals surface area contributed by atoms with Gasteiger partial charge in [0.2, 0.25) is 0 Å². The number of carbonyl (C=O) groups is 2. The molecule has 0 spiro atoms. The Bertz CT molecular complexity index is 1040. The summed E-state index contributed by atoms with van der Waals surface area (Å²) in [7, 11) is -4.30. The van der Waals surface area contributed by atoms with Crippen LogP contribution in [0.2, 0.25) is 0 Å². The second-order valence-corrected chi connectivity index (χ2v) is 16.3. The van der Waals surface area contributed by atoms with Crippen molar-refractivity contribution in [2.45, 2.75) is 94.5 Å². The Morgan fingerprint density at radius 1 is 0.541 bits per heavy atom. The fraction of sp³-hybridized carbons (Fsp3) is 0.931. The number of esters is 2. The molecule has 0 radical (unpaired) electrons. The van der Waals surface area contributed by atoms with Crippen molar-refractivity contribution in [2.75, 3.05) is 0 Å². The van der Waals surface area contributed by atoms with Gasteiger partial charge in [0.1, 0.15) is 12.2 Å². The molecule has 7 nitrogen and oxygen atoms in total. The number of fused-ring (bicyclic) bond motifs is 2. The van der Waals surface area contributed by atoms with Gasteiger partial charge < -0.3 is 9.47 Å². The third kappa shape index (κ3) is 3.70. The molecule has 10 rings (SSSR count). The van der Waals surface area contributed by atoms with E-state index >= 15 is 0 Å². The quantitative estimate of drug-likeness (QED) is 0.417. The number of hydrogen-bond acceptors (Lipinski definition) is 6. The van der Waals surface area contributed by atoms with E-state index in [0.717, 1.165) is 75.0 Å². The highest BCUT2D eigenvalue weighted by atomic mass is 32.2. The van der Waals surface area contributed by atoms with E-state index in [1.807, 2.05) is 0 Å². The highest BCUT2D eigenvalue weighted by Crippen LogP contribution is 2.59. The molecular formula is C29H40O7S. The van der Waals surface area contributed by atoms with Crippen molar-refractivity contribution in [3.8, 4) is 0 Å². The van der Waals surface area contributed by atoms with E-state index in [9.17, 15) is 22.6 Å². The Labute approximate surface area is 219 Å². The minimum atomic E-state index is -4.30. The largest absolute Gasteiger partial charge is 0.462 e. The lowest BCUT2D eigenvalue weighted by atomic mass is 9.55. The number of ether oxygens (including phenoxy) is 2. The molecule has 10 aliphatic carbocycles. The molecule has 0 aromatic rings. The molecule has 10 fully saturated rings. The number of rotatable bonds is 5. The van der Waals surface area contributed by atoms with Crippen molar-refractivity contribution < 1.29 is 32.0 Å². The smallest absolute Gasteiger partial charge is 0.310 e. The van der Waals surface area contributed by atoms with Crippen molar-refractivity contribution in [3.63, 3.8) is 0 Å². The molecule has 0 saturated heterocycles. The molecule has 0 aliphatic heterocycles. The molecule has 5 atom stereocenters. The Morgan fingerprint density at radius 2 is 0.946 bits per heavy atom. The summed E-state index contributed by atoms with van der Waals surface area (Å²) in [6.45, 7) is 0. The number of carbonyl (C=O) groups excluding carboxylic acids is 2. The summed E-state index contributed by atoms with van der Waals surface area (Å²) in [5, 5.41) is -0.987. The Morgan fingerprint density at radius 3 is 1.35 bits per heavy atom. The predicted molar refractivity (Wildman–Crippen MR) is 132 cm³/mol. The fourth-order valence-corrected chi connectivity index (χ4v) is 13.1. The lowest BCUT2D eigenvalue weighted by Gasteiger charge is -2.54. The zero-order chi connectivity index (χ0) is 25.2. The molecular weight excluding hydrogens is 492 g/mol. The summed E-state index contributed by atoms with van der Waals surface area (Å²) in [5.41, 5.74) is 0. The van der Waals surface area contributed by atoms with Gasteiger partial charge in [-0.25, -0.2) is 0 Å². The Kier molecular flexibility index (Phi) is 5.25. The van der Waals surface area contributed by atoms with Gasteiger partial charge in [-0.15, -0.1) is 0 Å². The molecule has 5 unspecified atom stereocenters. The fourth-order valence-electron chi connectivity index (χ4n) is 11.9. The van der Waals surface area contributed by atoms with Crippen molar-refractivity contribution >= 4 is 22.1 Å². The van der Waals surface area contributed by atoms with Gasteiger partial charge in [-0.1, -0.05) is 0 Å². The van der Waals surface area contributed by atoms with Gasteiger partial charge in [-0.05, 0) is 136 Å². The van der Waals surface area contributed by atoms with E-state index in [1.165, 1.54) is 12.8 Å². The SMILES string of the molecule is O=C(OC1C2CC3CC(C2)CC1C3)C1C2CC(C1C(=O)OC1C3CC4CC(C3)CC1C4)C(S(=O)(=O)O)C2. The van der Waals surface area contributed by atoms with Gasteiger partial charge in [-0.3, -0.25) is 14.1 Å². The highest BCUT2D eigenvalue weighted by Gasteiger charge is 2.63. The van der Waals surface area contributed by atoms with E-state index in [1.54, 1.807) is 0 Å². The second kappa shape index (κ2) is 8.18. The Balaban J connectivity index is 1.03. The second-order valence-electron chi connectivity index (χ2n) is 14.7. The van der Waals surface area contributed by atoms with Crippen LogP contribution in [0.25, 0.3) is 0 Å². The maximum absolute atomic E-state index is 13.8. The van der Waals surface area contributed by atoms with Crippen molar-refractivity contribution in [3.05, 3.63) is 0 Å². The van der Waals surface area contributed by atoms with Gasteiger partial charge in [-0.2, -0.15) is 8.42 Å². The van der Waals surface area contributed by atoms with Crippen LogP contribution < -0.4 is 0 Å². The maximum atomic E-state index is 13.8. The van der Waals surface area contributed by atoms with Crippen molar-refractivity contribution in [2.24, 2.45) is 71.0 Å². The molecule has 0 aromatic carbocycles. The summed E-state index contributed by atoms with van der Waals surface area (Å²) in [5.74, 6) is 1.71. The van der Waals surface area contributed by atoms with Gasteiger partial charge >= 0.3 is 11.9 Å². The third-order valence-electron chi connectivity index (χ3n) is 12.7. The molecule has 10 bridgehead atoms. The van der Waals surface area contributed by atoms with E-state index in [2.05, 4.69) is 0 Å². The van der Waals surface area contributed by atoms with Crippen molar-refractivity contribution in [1.29, 1.82) is 0 Å². The molecule has 0 aromatic heterocycles. The van der Waals surface area contributed by atoms with E-state index < -0.39 is 39.1 Å². The predicted octanol–water partition coefficient (Wildman–Crippen LogP) is 4.25. The van der Waals surface area contributed by atoms with Gasteiger partial charge in [0.05, 0.1) is 17.1 Å². The van der Waals surface area contributed by atoms with Crippen LogP contribution in [0.3, 0.4) is 0 Å². The highest BCUT2D eigenvalue weighted by molar-refractivity contribution is 7.86. The van der Waals surface area contributed by atoms with Gasteiger partial charge in [0.25, 0.3) is 10.1 Å². The first-order chi connectivity index (χ1) is 17.7. The van der Waals surface area contributed by atoms with E-state index in [4.69, 9.17) is 9.47 Å². The van der Waals surface area contributed by atoms with Crippen LogP contribution in [0.4, 0.5) is 0 Å². The van der Waals surface area contributed by atoms with Crippen LogP contribution in [0.1, 0.15) is 77.0 Å². The van der Waals surface area contributed by atoms with Crippen LogP contribution in [-0.2, 0) is 29.2 Å². The minimum Gasteiger partial charge on any atom is -0.462 e. The van der Waals surface area contributed by atoms with Gasteiger partial charge in [0, 0.05) is 0 Å². The van der Waals surface area contributed by atoms with Crippen LogP contribution >= 0.6 is 0 Å². The normalized spacial score (nSPS) is 54.6. The molecule has 204 valence electrons. The first kappa shape index (κ1) is 23.7. The topological polar surface area (TPSA) is 107 Å². The average Bonchev–Trinajstić information content (AvgIpc) is 3.42. The summed E-state index contributed by atoms with van der Waals surface area (Å²) in [4.78, 5) is 27.6. The zero-order valence-electron chi connectivity index (χ0n) is 21.5. The summed E-state index contributed by atoms with van der Waals surface area (Å²) < 4.78 is 47.0. The number of hydrogen-bond donors (Lipinski definition) is 1. The first-order valence-corrected chi connectivity index (χ1v) is 16.6. The standard InChI is InChI=1S/C29H40O7S/c30-28(35-26-18-3-13-1-14(5-18)6-19(26)4-13)24-17-11-22(23(12-17)37(32,33)34)25(24)29(31)36-27-20-7-15-2-16(9-20)10-21(27)8-15/h13-27H,1-12H2,(H,32,33,34). The zero-order valence-corrected chi connectivity index (χ0v) is 22.3. The molecule has 0 amide bonds. The van der Waals surface area contributed by atoms with E-state index in [-0.39, 0.29) is 30.5 Å². The molecule has 37 heavy (non-hydrogen) atoms. The van der Waals surface area contributed by atoms with E-state index in [0.29, 0.717) is 30.1 Å². The van der Waals surface area contributed by atoms with Crippen LogP contribution in [0.5, 0.6) is 0 Å². The van der Waals surface area contributed by atoms with Crippen LogP contribution in [-0.4, -0.2) is 42.4 Å². The Hall–Kier alpha value is -1.15. The minimum absolute atomic E-state index is 0.0575. The first-order valence-electron chi connectivity index (χ1n) is 15.1. The van der Waals surface area contributed by atoms with Crippen molar-refractivity contribution in [1.82, 2.24) is 0 Å². The molecule has 10 aliphatic rings. The average molecular weight is 533 g/mol. The monoisotopic (exact) mass is 532 g/mol. The third-order valence-corrected chi connectivity index (χ3v) is 14.0. The van der Waals surface area contributed by atoms with Crippen LogP contribution in [0.15, 0.2) is 0 Å². The molecule has 1 N–H and O–H groups in total. The molecule has 10 saturated carbocycles. The lowest BCUT2D eigenvalue weighted by Crippen LogP contribution is -2.53. The van der Waals surface area contributed by atoms with Gasteiger partial charge in [0.15, 0.2) is 0 Å².